The van der Waals surface area contributed by atoms with Crippen molar-refractivity contribution in [2.45, 2.75) is 73.1 Å². The van der Waals surface area contributed by atoms with Crippen molar-refractivity contribution in [2.24, 2.45) is 0 Å². The maximum atomic E-state index is 13.8. The summed E-state index contributed by atoms with van der Waals surface area (Å²) in [5.74, 6) is -0.243. The number of imidazole rings is 1. The fourth-order valence-corrected chi connectivity index (χ4v) is 4.43. The van der Waals surface area contributed by atoms with Crippen molar-refractivity contribution in [3.05, 3.63) is 34.0 Å². The molecule has 0 unspecified atom stereocenters. The number of pyridine rings is 2. The molecule has 0 atom stereocenters. The van der Waals surface area contributed by atoms with Crippen LogP contribution in [0.2, 0.25) is 0 Å². The van der Waals surface area contributed by atoms with Crippen LogP contribution in [0.25, 0.3) is 22.1 Å². The highest BCUT2D eigenvalue weighted by Gasteiger charge is 2.41. The lowest BCUT2D eigenvalue weighted by Crippen LogP contribution is -2.60. The molecule has 2 aliphatic rings. The Labute approximate surface area is 203 Å². The van der Waals surface area contributed by atoms with E-state index in [1.807, 2.05) is 27.7 Å². The van der Waals surface area contributed by atoms with E-state index in [-0.39, 0.29) is 37.5 Å². The van der Waals surface area contributed by atoms with Crippen LogP contribution < -0.4 is 5.56 Å². The van der Waals surface area contributed by atoms with E-state index in [4.69, 9.17) is 9.72 Å². The van der Waals surface area contributed by atoms with E-state index in [0.29, 0.717) is 10.9 Å². The molecule has 9 nitrogen and oxygen atoms in total. The Hall–Kier alpha value is -3.30. The Bertz CT molecular complexity index is 1300. The summed E-state index contributed by atoms with van der Waals surface area (Å²) in [6.07, 6.45) is 3.49. The Morgan fingerprint density at radius 1 is 1.20 bits per heavy atom. The normalized spacial score (nSPS) is 15.5. The SMILES string of the molecule is CC.CC.CCOC(=O)c1cc2c3nc4n(c3cnc2n(CC(=O)N2CC(C)(F)C2)c1=O)CCC4. The fourth-order valence-electron chi connectivity index (χ4n) is 4.43. The van der Waals surface area contributed by atoms with Gasteiger partial charge in [-0.2, -0.15) is 0 Å². The highest BCUT2D eigenvalue weighted by atomic mass is 19.1. The molecule has 2 aliphatic heterocycles. The van der Waals surface area contributed by atoms with Crippen LogP contribution in [0.4, 0.5) is 4.39 Å². The van der Waals surface area contributed by atoms with Crippen LogP contribution in [0.3, 0.4) is 0 Å². The van der Waals surface area contributed by atoms with Crippen LogP contribution >= 0.6 is 0 Å². The number of amides is 1. The molecule has 0 aromatic carbocycles. The van der Waals surface area contributed by atoms with Gasteiger partial charge in [0.2, 0.25) is 5.91 Å². The minimum Gasteiger partial charge on any atom is -0.462 e. The second-order valence-electron chi connectivity index (χ2n) is 8.35. The average molecular weight is 488 g/mol. The standard InChI is InChI=1S/C21H22FN5O4.2C2H6/c1-3-31-20(30)13-7-12-17-14(26-6-4-5-15(26)24-17)8-23-18(12)27(19(13)29)9-16(28)25-10-21(2,22)11-25;2*1-2/h7-8H,3-6,9-11H2,1-2H3;2*1-2H3. The zero-order valence-corrected chi connectivity index (χ0v) is 21.4. The number of aryl methyl sites for hydroxylation is 2. The molecule has 3 aromatic heterocycles. The summed E-state index contributed by atoms with van der Waals surface area (Å²) in [6.45, 7) is 11.6. The van der Waals surface area contributed by atoms with Crippen molar-refractivity contribution in [3.63, 3.8) is 0 Å². The van der Waals surface area contributed by atoms with Gasteiger partial charge in [0, 0.05) is 18.4 Å². The van der Waals surface area contributed by atoms with Crippen LogP contribution in [0.15, 0.2) is 17.1 Å². The van der Waals surface area contributed by atoms with Gasteiger partial charge in [-0.05, 0) is 26.3 Å². The summed E-state index contributed by atoms with van der Waals surface area (Å²) in [4.78, 5) is 48.8. The van der Waals surface area contributed by atoms with Crippen molar-refractivity contribution in [2.75, 3.05) is 19.7 Å². The molecule has 0 saturated carbocycles. The molecular formula is C25H34FN5O4. The Morgan fingerprint density at radius 2 is 1.89 bits per heavy atom. The molecule has 0 N–H and O–H groups in total. The Kier molecular flexibility index (Phi) is 7.92. The van der Waals surface area contributed by atoms with Crippen LogP contribution in [-0.4, -0.2) is 61.2 Å². The molecule has 5 heterocycles. The van der Waals surface area contributed by atoms with Crippen LogP contribution in [0.5, 0.6) is 0 Å². The van der Waals surface area contributed by atoms with Crippen molar-refractivity contribution in [1.82, 2.24) is 24.0 Å². The van der Waals surface area contributed by atoms with E-state index < -0.39 is 23.1 Å². The van der Waals surface area contributed by atoms with Gasteiger partial charge < -0.3 is 14.2 Å². The first-order chi connectivity index (χ1) is 16.8. The summed E-state index contributed by atoms with van der Waals surface area (Å²) in [5.41, 5.74) is -0.546. The number of ether oxygens (including phenoxy) is 1. The number of rotatable bonds is 4. The highest BCUT2D eigenvalue weighted by Crippen LogP contribution is 2.28. The summed E-state index contributed by atoms with van der Waals surface area (Å²) in [7, 11) is 0. The third-order valence-electron chi connectivity index (χ3n) is 5.88. The molecule has 3 aromatic rings. The number of fused-ring (bicyclic) bond motifs is 5. The number of carbonyl (C=O) groups is 2. The number of hydrogen-bond donors (Lipinski definition) is 0. The minimum atomic E-state index is -1.42. The second kappa shape index (κ2) is 10.5. The van der Waals surface area contributed by atoms with Gasteiger partial charge in [-0.1, -0.05) is 27.7 Å². The number of aromatic nitrogens is 4. The number of nitrogens with zero attached hydrogens (tertiary/aromatic N) is 5. The van der Waals surface area contributed by atoms with E-state index in [2.05, 4.69) is 9.55 Å². The predicted octanol–water partition coefficient (Wildman–Crippen LogP) is 3.49. The summed E-state index contributed by atoms with van der Waals surface area (Å²) in [5, 5.41) is 0.508. The van der Waals surface area contributed by atoms with Crippen molar-refractivity contribution >= 4 is 33.9 Å². The molecule has 0 radical (unpaired) electrons. The van der Waals surface area contributed by atoms with E-state index >= 15 is 0 Å². The number of likely N-dealkylation sites (tertiary alicyclic amines) is 1. The lowest BCUT2D eigenvalue weighted by Gasteiger charge is -2.42. The van der Waals surface area contributed by atoms with Gasteiger partial charge in [-0.15, -0.1) is 0 Å². The molecule has 1 saturated heterocycles. The monoisotopic (exact) mass is 487 g/mol. The fraction of sp³-hybridized carbons (Fsp3) is 0.560. The van der Waals surface area contributed by atoms with Gasteiger partial charge >= 0.3 is 5.97 Å². The molecule has 0 aliphatic carbocycles. The molecular weight excluding hydrogens is 453 g/mol. The lowest BCUT2D eigenvalue weighted by atomic mass is 9.99. The molecule has 35 heavy (non-hydrogen) atoms. The van der Waals surface area contributed by atoms with Gasteiger partial charge in [-0.3, -0.25) is 14.2 Å². The zero-order chi connectivity index (χ0) is 25.9. The molecule has 5 rings (SSSR count). The first-order valence-corrected chi connectivity index (χ1v) is 12.3. The van der Waals surface area contributed by atoms with E-state index in [1.54, 1.807) is 13.1 Å². The third kappa shape index (κ3) is 4.78. The van der Waals surface area contributed by atoms with Gasteiger partial charge in [0.25, 0.3) is 5.56 Å². The predicted molar refractivity (Wildman–Crippen MR) is 132 cm³/mol. The highest BCUT2D eigenvalue weighted by molar-refractivity contribution is 6.04. The summed E-state index contributed by atoms with van der Waals surface area (Å²) >= 11 is 0. The van der Waals surface area contributed by atoms with E-state index in [9.17, 15) is 18.8 Å². The quantitative estimate of drug-likeness (QED) is 0.523. The number of esters is 1. The van der Waals surface area contributed by atoms with Crippen molar-refractivity contribution in [3.8, 4) is 0 Å². The van der Waals surface area contributed by atoms with Crippen LogP contribution in [0.1, 0.15) is 64.1 Å². The zero-order valence-electron chi connectivity index (χ0n) is 21.4. The van der Waals surface area contributed by atoms with Crippen LogP contribution in [-0.2, 0) is 29.0 Å². The molecule has 1 amide bonds. The van der Waals surface area contributed by atoms with Crippen molar-refractivity contribution < 1.29 is 18.7 Å². The van der Waals surface area contributed by atoms with Gasteiger partial charge in [0.15, 0.2) is 0 Å². The summed E-state index contributed by atoms with van der Waals surface area (Å²) < 4.78 is 22.1. The van der Waals surface area contributed by atoms with Crippen molar-refractivity contribution in [1.29, 1.82) is 0 Å². The largest absolute Gasteiger partial charge is 0.462 e. The maximum Gasteiger partial charge on any atom is 0.343 e. The smallest absolute Gasteiger partial charge is 0.343 e. The first-order valence-electron chi connectivity index (χ1n) is 12.3. The molecule has 1 fully saturated rings. The minimum absolute atomic E-state index is 0.0263. The molecule has 190 valence electrons. The molecule has 10 heteroatoms. The topological polar surface area (TPSA) is 99.3 Å². The third-order valence-corrected chi connectivity index (χ3v) is 5.88. The lowest BCUT2D eigenvalue weighted by molar-refractivity contribution is -0.144. The van der Waals surface area contributed by atoms with E-state index in [1.165, 1.54) is 22.5 Å². The maximum absolute atomic E-state index is 13.8. The van der Waals surface area contributed by atoms with Gasteiger partial charge in [-0.25, -0.2) is 19.2 Å². The number of alkyl halides is 1. The molecule has 0 spiro atoms. The Balaban J connectivity index is 0.000000815. The summed E-state index contributed by atoms with van der Waals surface area (Å²) in [6, 6.07) is 1.46. The number of hydrogen-bond acceptors (Lipinski definition) is 6. The van der Waals surface area contributed by atoms with Gasteiger partial charge in [0.05, 0.1) is 31.4 Å². The molecule has 0 bridgehead atoms. The van der Waals surface area contributed by atoms with Gasteiger partial charge in [0.1, 0.15) is 34.8 Å². The second-order valence-corrected chi connectivity index (χ2v) is 8.35. The van der Waals surface area contributed by atoms with Crippen LogP contribution in [0, 0.1) is 0 Å². The first kappa shape index (κ1) is 26.3. The Morgan fingerprint density at radius 3 is 2.51 bits per heavy atom. The number of carbonyl (C=O) groups excluding carboxylic acids is 2. The number of halogens is 1. The average Bonchev–Trinajstić information content (AvgIpc) is 3.43. The van der Waals surface area contributed by atoms with E-state index in [0.717, 1.165) is 30.7 Å².